The Labute approximate surface area is 166 Å². The maximum absolute atomic E-state index is 6.26. The Hall–Kier alpha value is -3.44. The van der Waals surface area contributed by atoms with Crippen molar-refractivity contribution in [3.8, 4) is 0 Å². The number of hydrazone groups is 1. The minimum atomic E-state index is 0.678. The number of aromatic nitrogens is 3. The number of anilines is 1. The summed E-state index contributed by atoms with van der Waals surface area (Å²) in [5.41, 5.74) is 7.65. The van der Waals surface area contributed by atoms with Crippen molar-refractivity contribution in [1.29, 1.82) is 0 Å². The maximum atomic E-state index is 6.26. The van der Waals surface area contributed by atoms with Crippen LogP contribution in [-0.4, -0.2) is 20.7 Å². The molecule has 0 aliphatic rings. The first-order chi connectivity index (χ1) is 13.7. The number of hydrogen-bond donors (Lipinski definition) is 2. The van der Waals surface area contributed by atoms with Crippen LogP contribution in [0.3, 0.4) is 0 Å². The predicted octanol–water partition coefficient (Wildman–Crippen LogP) is 5.75. The van der Waals surface area contributed by atoms with Crippen molar-refractivity contribution in [2.75, 3.05) is 5.43 Å². The van der Waals surface area contributed by atoms with Gasteiger partial charge in [-0.25, -0.2) is 4.98 Å². The van der Waals surface area contributed by atoms with Gasteiger partial charge >= 0.3 is 0 Å². The highest BCUT2D eigenvalue weighted by atomic mass is 35.5. The number of halogens is 1. The molecule has 5 rings (SSSR count). The summed E-state index contributed by atoms with van der Waals surface area (Å²) >= 11 is 6.26. The molecule has 0 saturated heterocycles. The van der Waals surface area contributed by atoms with Gasteiger partial charge in [0.2, 0.25) is 0 Å². The lowest BCUT2D eigenvalue weighted by atomic mass is 10.1. The van der Waals surface area contributed by atoms with Gasteiger partial charge in [-0.05, 0) is 43.3 Å². The first-order valence-electron chi connectivity index (χ1n) is 8.92. The number of nitrogens with zero attached hydrogens (tertiary/aromatic N) is 3. The van der Waals surface area contributed by atoms with Crippen molar-refractivity contribution in [2.24, 2.45) is 5.10 Å². The quantitative estimate of drug-likeness (QED) is 0.307. The summed E-state index contributed by atoms with van der Waals surface area (Å²) < 4.78 is 0. The standard InChI is InChI=1S/C22H16ClN5/c1-13(17-7-4-5-11-24-17)27-28-22-20-16-12-14(23)9-10-19(16)25-21(20)15-6-2-3-8-18(15)26-22/h2-12,25H,1H3,(H,26,28)/b27-13+. The molecule has 0 aliphatic heterocycles. The van der Waals surface area contributed by atoms with E-state index in [1.165, 1.54) is 0 Å². The van der Waals surface area contributed by atoms with E-state index in [1.54, 1.807) is 6.20 Å². The van der Waals surface area contributed by atoms with Crippen LogP contribution >= 0.6 is 11.6 Å². The van der Waals surface area contributed by atoms with Gasteiger partial charge in [0, 0.05) is 27.5 Å². The van der Waals surface area contributed by atoms with E-state index in [0.717, 1.165) is 44.1 Å². The number of benzene rings is 2. The summed E-state index contributed by atoms with van der Waals surface area (Å²) in [4.78, 5) is 12.7. The Kier molecular flexibility index (Phi) is 3.95. The molecule has 0 amide bonds. The van der Waals surface area contributed by atoms with E-state index in [9.17, 15) is 0 Å². The molecule has 136 valence electrons. The second kappa shape index (κ2) is 6.62. The average Bonchev–Trinajstić information content (AvgIpc) is 3.11. The lowest BCUT2D eigenvalue weighted by molar-refractivity contribution is 1.23. The van der Waals surface area contributed by atoms with Gasteiger partial charge in [-0.3, -0.25) is 10.4 Å². The zero-order valence-corrected chi connectivity index (χ0v) is 15.8. The third kappa shape index (κ3) is 2.77. The van der Waals surface area contributed by atoms with Crippen LogP contribution in [-0.2, 0) is 0 Å². The van der Waals surface area contributed by atoms with Crippen molar-refractivity contribution in [3.05, 3.63) is 77.6 Å². The highest BCUT2D eigenvalue weighted by molar-refractivity contribution is 6.32. The fraction of sp³-hybridized carbons (Fsp3) is 0.0455. The van der Waals surface area contributed by atoms with Gasteiger partial charge in [0.1, 0.15) is 0 Å². The van der Waals surface area contributed by atoms with Gasteiger partial charge < -0.3 is 4.98 Å². The number of H-pyrrole nitrogens is 1. The highest BCUT2D eigenvalue weighted by Gasteiger charge is 2.14. The predicted molar refractivity (Wildman–Crippen MR) is 116 cm³/mol. The van der Waals surface area contributed by atoms with Gasteiger partial charge in [0.15, 0.2) is 5.82 Å². The number of pyridine rings is 2. The summed E-state index contributed by atoms with van der Waals surface area (Å²) in [6.07, 6.45) is 1.75. The number of rotatable bonds is 3. The SMILES string of the molecule is C/C(=N\Nc1nc2ccccc2c2[nH]c3ccc(Cl)cc3c12)c1ccccn1. The minimum Gasteiger partial charge on any atom is -0.354 e. The number of fused-ring (bicyclic) bond motifs is 5. The van der Waals surface area contributed by atoms with Crippen molar-refractivity contribution in [3.63, 3.8) is 0 Å². The topological polar surface area (TPSA) is 66.0 Å². The monoisotopic (exact) mass is 385 g/mol. The Morgan fingerprint density at radius 3 is 2.75 bits per heavy atom. The second-order valence-electron chi connectivity index (χ2n) is 6.57. The molecule has 0 fully saturated rings. The molecule has 2 N–H and O–H groups in total. The van der Waals surface area contributed by atoms with Crippen LogP contribution in [0.15, 0.2) is 72.0 Å². The minimum absolute atomic E-state index is 0.678. The third-order valence-corrected chi connectivity index (χ3v) is 5.00. The molecular weight excluding hydrogens is 370 g/mol. The summed E-state index contributed by atoms with van der Waals surface area (Å²) in [6.45, 7) is 1.92. The van der Waals surface area contributed by atoms with Crippen LogP contribution in [0.4, 0.5) is 5.82 Å². The van der Waals surface area contributed by atoms with Crippen LogP contribution in [0.2, 0.25) is 5.02 Å². The summed E-state index contributed by atoms with van der Waals surface area (Å²) in [5.74, 6) is 0.678. The van der Waals surface area contributed by atoms with Crippen LogP contribution in [0, 0.1) is 0 Å². The molecule has 5 nitrogen and oxygen atoms in total. The number of hydrogen-bond acceptors (Lipinski definition) is 4. The van der Waals surface area contributed by atoms with E-state index in [-0.39, 0.29) is 0 Å². The van der Waals surface area contributed by atoms with Crippen molar-refractivity contribution in [1.82, 2.24) is 15.0 Å². The molecule has 5 aromatic rings. The Morgan fingerprint density at radius 1 is 1.04 bits per heavy atom. The average molecular weight is 386 g/mol. The molecule has 0 radical (unpaired) electrons. The van der Waals surface area contributed by atoms with E-state index in [4.69, 9.17) is 16.6 Å². The first kappa shape index (κ1) is 16.7. The molecule has 0 bridgehead atoms. The van der Waals surface area contributed by atoms with Gasteiger partial charge in [-0.1, -0.05) is 35.9 Å². The van der Waals surface area contributed by atoms with Crippen molar-refractivity contribution < 1.29 is 0 Å². The lowest BCUT2D eigenvalue weighted by Crippen LogP contribution is -2.03. The van der Waals surface area contributed by atoms with Crippen molar-refractivity contribution in [2.45, 2.75) is 6.92 Å². The van der Waals surface area contributed by atoms with Crippen LogP contribution in [0.1, 0.15) is 12.6 Å². The van der Waals surface area contributed by atoms with Gasteiger partial charge in [-0.2, -0.15) is 5.10 Å². The number of para-hydroxylation sites is 1. The molecule has 3 aromatic heterocycles. The van der Waals surface area contributed by atoms with E-state index in [2.05, 4.69) is 26.6 Å². The molecular formula is C22H16ClN5. The highest BCUT2D eigenvalue weighted by Crippen LogP contribution is 2.36. The Morgan fingerprint density at radius 2 is 1.89 bits per heavy atom. The third-order valence-electron chi connectivity index (χ3n) is 4.77. The Balaban J connectivity index is 1.74. The molecule has 28 heavy (non-hydrogen) atoms. The fourth-order valence-electron chi connectivity index (χ4n) is 3.42. The lowest BCUT2D eigenvalue weighted by Gasteiger charge is -2.07. The molecule has 0 atom stereocenters. The molecule has 0 saturated carbocycles. The summed E-state index contributed by atoms with van der Waals surface area (Å²) in [6, 6.07) is 19.6. The summed E-state index contributed by atoms with van der Waals surface area (Å²) in [5, 5.41) is 8.24. The van der Waals surface area contributed by atoms with E-state index >= 15 is 0 Å². The van der Waals surface area contributed by atoms with Gasteiger partial charge in [0.25, 0.3) is 0 Å². The number of aromatic amines is 1. The smallest absolute Gasteiger partial charge is 0.157 e. The van der Waals surface area contributed by atoms with Crippen LogP contribution < -0.4 is 5.43 Å². The van der Waals surface area contributed by atoms with E-state index < -0.39 is 0 Å². The fourth-order valence-corrected chi connectivity index (χ4v) is 3.59. The van der Waals surface area contributed by atoms with Gasteiger partial charge in [-0.15, -0.1) is 0 Å². The zero-order valence-electron chi connectivity index (χ0n) is 15.1. The van der Waals surface area contributed by atoms with E-state index in [0.29, 0.717) is 10.8 Å². The first-order valence-corrected chi connectivity index (χ1v) is 9.30. The number of nitrogens with one attached hydrogen (secondary N) is 2. The second-order valence-corrected chi connectivity index (χ2v) is 7.00. The maximum Gasteiger partial charge on any atom is 0.157 e. The normalized spacial score (nSPS) is 12.1. The largest absolute Gasteiger partial charge is 0.354 e. The molecule has 6 heteroatoms. The Bertz CT molecular complexity index is 1360. The molecule has 0 spiro atoms. The molecule has 2 aromatic carbocycles. The van der Waals surface area contributed by atoms with E-state index in [1.807, 2.05) is 61.5 Å². The summed E-state index contributed by atoms with van der Waals surface area (Å²) in [7, 11) is 0. The molecule has 0 aliphatic carbocycles. The van der Waals surface area contributed by atoms with Crippen LogP contribution in [0.25, 0.3) is 32.7 Å². The molecule has 3 heterocycles. The van der Waals surface area contributed by atoms with Crippen LogP contribution in [0.5, 0.6) is 0 Å². The van der Waals surface area contributed by atoms with Crippen molar-refractivity contribution >= 4 is 55.8 Å². The van der Waals surface area contributed by atoms with Gasteiger partial charge in [0.05, 0.1) is 27.8 Å². The molecule has 0 unspecified atom stereocenters. The zero-order chi connectivity index (χ0) is 19.1.